The lowest BCUT2D eigenvalue weighted by Gasteiger charge is -2.26. The predicted octanol–water partition coefficient (Wildman–Crippen LogP) is 2.33. The first-order valence-electron chi connectivity index (χ1n) is 8.71. The zero-order valence-corrected chi connectivity index (χ0v) is 15.1. The largest absolute Gasteiger partial charge is 0.375 e. The summed E-state index contributed by atoms with van der Waals surface area (Å²) in [5.74, 6) is 0.780. The molecule has 0 N–H and O–H groups in total. The molecule has 0 spiro atoms. The Morgan fingerprint density at radius 3 is 2.87 bits per heavy atom. The molecular weight excluding hydrogens is 312 g/mol. The van der Waals surface area contributed by atoms with Crippen LogP contribution in [0.5, 0.6) is 0 Å². The highest BCUT2D eigenvalue weighted by Gasteiger charge is 2.26. The van der Waals surface area contributed by atoms with Crippen LogP contribution in [0.15, 0.2) is 0 Å². The second-order valence-corrected chi connectivity index (χ2v) is 7.17. The summed E-state index contributed by atoms with van der Waals surface area (Å²) in [5, 5.41) is 0.992. The molecule has 1 aromatic heterocycles. The van der Waals surface area contributed by atoms with Crippen molar-refractivity contribution >= 4 is 16.7 Å². The Morgan fingerprint density at radius 1 is 1.26 bits per heavy atom. The predicted molar refractivity (Wildman–Crippen MR) is 92.2 cm³/mol. The molecule has 0 aliphatic carbocycles. The molecule has 2 fully saturated rings. The Kier molecular flexibility index (Phi) is 6.21. The Labute approximate surface area is 142 Å². The smallest absolute Gasteiger partial charge is 0.205 e. The zero-order valence-electron chi connectivity index (χ0n) is 14.2. The van der Waals surface area contributed by atoms with Crippen molar-refractivity contribution in [3.63, 3.8) is 0 Å². The molecule has 3 rings (SSSR count). The van der Waals surface area contributed by atoms with E-state index in [9.17, 15) is 0 Å². The van der Waals surface area contributed by atoms with Gasteiger partial charge in [0.2, 0.25) is 5.13 Å². The topological polar surface area (TPSA) is 50.7 Å². The maximum absolute atomic E-state index is 6.08. The van der Waals surface area contributed by atoms with Crippen LogP contribution in [-0.4, -0.2) is 66.8 Å². The Bertz CT molecular complexity index is 478. The highest BCUT2D eigenvalue weighted by atomic mass is 32.1. The molecular formula is C16H28N4O2S. The number of nitrogens with zero attached hydrogens (tertiary/aromatic N) is 4. The van der Waals surface area contributed by atoms with Gasteiger partial charge in [0, 0.05) is 38.3 Å². The maximum Gasteiger partial charge on any atom is 0.205 e. The fraction of sp³-hybridized carbons (Fsp3) is 0.875. The van der Waals surface area contributed by atoms with E-state index < -0.39 is 0 Å². The van der Waals surface area contributed by atoms with Crippen LogP contribution in [0.4, 0.5) is 5.13 Å². The van der Waals surface area contributed by atoms with Gasteiger partial charge in [-0.1, -0.05) is 6.42 Å². The van der Waals surface area contributed by atoms with Crippen molar-refractivity contribution in [2.24, 2.45) is 0 Å². The molecule has 23 heavy (non-hydrogen) atoms. The van der Waals surface area contributed by atoms with Crippen LogP contribution < -0.4 is 4.90 Å². The molecule has 2 aliphatic heterocycles. The van der Waals surface area contributed by atoms with Crippen molar-refractivity contribution in [1.82, 2.24) is 14.3 Å². The zero-order chi connectivity index (χ0) is 16.1. The minimum atomic E-state index is -0.0424. The van der Waals surface area contributed by atoms with E-state index >= 15 is 0 Å². The van der Waals surface area contributed by atoms with Crippen molar-refractivity contribution < 1.29 is 9.47 Å². The van der Waals surface area contributed by atoms with Crippen molar-refractivity contribution in [3.05, 3.63) is 5.82 Å². The Balaban J connectivity index is 1.40. The van der Waals surface area contributed by atoms with Gasteiger partial charge < -0.3 is 19.3 Å². The molecule has 7 heteroatoms. The van der Waals surface area contributed by atoms with E-state index in [-0.39, 0.29) is 6.10 Å². The molecule has 0 saturated carbocycles. The minimum Gasteiger partial charge on any atom is -0.375 e. The number of rotatable bonds is 7. The van der Waals surface area contributed by atoms with Crippen molar-refractivity contribution in [2.45, 2.75) is 44.8 Å². The second-order valence-electron chi connectivity index (χ2n) is 6.44. The van der Waals surface area contributed by atoms with Gasteiger partial charge in [-0.2, -0.15) is 4.37 Å². The Morgan fingerprint density at radius 2 is 2.09 bits per heavy atom. The average molecular weight is 340 g/mol. The maximum atomic E-state index is 6.08. The van der Waals surface area contributed by atoms with Crippen LogP contribution in [-0.2, 0) is 9.47 Å². The van der Waals surface area contributed by atoms with E-state index in [0.29, 0.717) is 6.10 Å². The van der Waals surface area contributed by atoms with Gasteiger partial charge in [-0.15, -0.1) is 0 Å². The number of likely N-dealkylation sites (tertiary alicyclic amines) is 1. The molecule has 130 valence electrons. The lowest BCUT2D eigenvalue weighted by atomic mass is 10.1. The van der Waals surface area contributed by atoms with E-state index in [4.69, 9.17) is 9.47 Å². The van der Waals surface area contributed by atoms with E-state index in [1.807, 2.05) is 6.92 Å². The van der Waals surface area contributed by atoms with Crippen LogP contribution in [0, 0.1) is 0 Å². The summed E-state index contributed by atoms with van der Waals surface area (Å²) >= 11 is 1.46. The van der Waals surface area contributed by atoms with E-state index in [1.54, 1.807) is 7.11 Å². The van der Waals surface area contributed by atoms with Gasteiger partial charge >= 0.3 is 0 Å². The molecule has 1 aromatic rings. The third-order valence-electron chi connectivity index (χ3n) is 4.77. The van der Waals surface area contributed by atoms with Gasteiger partial charge in [0.25, 0.3) is 0 Å². The summed E-state index contributed by atoms with van der Waals surface area (Å²) in [5.41, 5.74) is 0. The number of anilines is 1. The minimum absolute atomic E-state index is 0.0424. The molecule has 2 atom stereocenters. The molecule has 0 unspecified atom stereocenters. The van der Waals surface area contributed by atoms with Gasteiger partial charge in [-0.25, -0.2) is 4.98 Å². The molecule has 2 saturated heterocycles. The summed E-state index contributed by atoms with van der Waals surface area (Å²) in [6.45, 7) is 8.31. The number of hydrogen-bond donors (Lipinski definition) is 0. The van der Waals surface area contributed by atoms with Gasteiger partial charge in [0.1, 0.15) is 6.10 Å². The Hall–Kier alpha value is -0.760. The van der Waals surface area contributed by atoms with E-state index in [2.05, 4.69) is 19.2 Å². The van der Waals surface area contributed by atoms with Crippen molar-refractivity contribution in [1.29, 1.82) is 0 Å². The molecule has 0 bridgehead atoms. The quantitative estimate of drug-likeness (QED) is 0.759. The van der Waals surface area contributed by atoms with E-state index in [1.165, 1.54) is 43.9 Å². The fourth-order valence-electron chi connectivity index (χ4n) is 3.19. The summed E-state index contributed by atoms with van der Waals surface area (Å²) in [7, 11) is 1.69. The first-order valence-corrected chi connectivity index (χ1v) is 9.49. The van der Waals surface area contributed by atoms with Gasteiger partial charge in [0.05, 0.1) is 12.7 Å². The highest BCUT2D eigenvalue weighted by molar-refractivity contribution is 7.09. The molecule has 0 aromatic carbocycles. The summed E-state index contributed by atoms with van der Waals surface area (Å²) in [4.78, 5) is 9.41. The van der Waals surface area contributed by atoms with Crippen LogP contribution in [0.3, 0.4) is 0 Å². The molecule has 0 amide bonds. The molecule has 2 aliphatic rings. The lowest BCUT2D eigenvalue weighted by molar-refractivity contribution is 0.0467. The number of aromatic nitrogens is 2. The fourth-order valence-corrected chi connectivity index (χ4v) is 3.97. The second kappa shape index (κ2) is 8.37. The number of methoxy groups -OCH3 is 1. The number of piperidine rings is 1. The van der Waals surface area contributed by atoms with Gasteiger partial charge in [-0.3, -0.25) is 0 Å². The molecule has 3 heterocycles. The third-order valence-corrected chi connectivity index (χ3v) is 5.56. The summed E-state index contributed by atoms with van der Waals surface area (Å²) < 4.78 is 15.8. The SMILES string of the molecule is CO[C@H](C)c1nsc(N2CC[C@H](OCCN3CCCCC3)C2)n1. The number of hydrogen-bond acceptors (Lipinski definition) is 7. The molecule has 6 nitrogen and oxygen atoms in total. The van der Waals surface area contributed by atoms with Crippen LogP contribution in [0.25, 0.3) is 0 Å². The van der Waals surface area contributed by atoms with Gasteiger partial charge in [-0.05, 0) is 39.3 Å². The first-order chi connectivity index (χ1) is 11.3. The summed E-state index contributed by atoms with van der Waals surface area (Å²) in [6.07, 6.45) is 5.44. The van der Waals surface area contributed by atoms with Crippen LogP contribution >= 0.6 is 11.5 Å². The number of ether oxygens (including phenoxy) is 2. The normalized spacial score (nSPS) is 24.3. The van der Waals surface area contributed by atoms with Gasteiger partial charge in [0.15, 0.2) is 5.82 Å². The van der Waals surface area contributed by atoms with E-state index in [0.717, 1.165) is 43.6 Å². The molecule has 0 radical (unpaired) electrons. The average Bonchev–Trinajstić information content (AvgIpc) is 3.24. The van der Waals surface area contributed by atoms with Crippen molar-refractivity contribution in [2.75, 3.05) is 51.3 Å². The van der Waals surface area contributed by atoms with Crippen LogP contribution in [0.1, 0.15) is 44.5 Å². The first kappa shape index (κ1) is 17.1. The lowest BCUT2D eigenvalue weighted by Crippen LogP contribution is -2.34. The standard InChI is InChI=1S/C16H28N4O2S/c1-13(21-2)15-17-16(23-18-15)20-9-6-14(12-20)22-11-10-19-7-4-3-5-8-19/h13-14H,3-12H2,1-2H3/t13-,14+/m1/s1. The van der Waals surface area contributed by atoms with Crippen LogP contribution in [0.2, 0.25) is 0 Å². The third kappa shape index (κ3) is 4.62. The summed E-state index contributed by atoms with van der Waals surface area (Å²) in [6, 6.07) is 0. The van der Waals surface area contributed by atoms with Crippen molar-refractivity contribution in [3.8, 4) is 0 Å². The highest BCUT2D eigenvalue weighted by Crippen LogP contribution is 2.26. The monoisotopic (exact) mass is 340 g/mol.